The van der Waals surface area contributed by atoms with Crippen molar-refractivity contribution in [3.8, 4) is 0 Å². The highest BCUT2D eigenvalue weighted by Crippen LogP contribution is 2.24. The molecule has 0 spiro atoms. The van der Waals surface area contributed by atoms with Crippen molar-refractivity contribution in [3.05, 3.63) is 17.1 Å². The maximum absolute atomic E-state index is 12.6. The fraction of sp³-hybridized carbons (Fsp3) is 0.545. The van der Waals surface area contributed by atoms with E-state index in [4.69, 9.17) is 0 Å². The van der Waals surface area contributed by atoms with Gasteiger partial charge in [0.1, 0.15) is 10.6 Å². The van der Waals surface area contributed by atoms with Gasteiger partial charge in [0.15, 0.2) is 0 Å². The van der Waals surface area contributed by atoms with Crippen molar-refractivity contribution in [1.82, 2.24) is 20.1 Å². The Morgan fingerprint density at radius 3 is 2.45 bits per heavy atom. The molecule has 0 aliphatic heterocycles. The summed E-state index contributed by atoms with van der Waals surface area (Å²) in [5, 5.41) is 11.3. The molecule has 0 saturated heterocycles. The number of sulfonamides is 1. The van der Waals surface area contributed by atoms with Crippen molar-refractivity contribution < 1.29 is 13.0 Å². The van der Waals surface area contributed by atoms with E-state index in [0.29, 0.717) is 29.9 Å². The molecule has 0 atom stereocenters. The molecular formula is C11H17N5O3S. The molecule has 0 bridgehead atoms. The first kappa shape index (κ1) is 14.5. The van der Waals surface area contributed by atoms with Crippen LogP contribution in [-0.4, -0.2) is 28.5 Å². The van der Waals surface area contributed by atoms with Crippen LogP contribution in [0.3, 0.4) is 0 Å². The van der Waals surface area contributed by atoms with E-state index in [0.717, 1.165) is 0 Å². The summed E-state index contributed by atoms with van der Waals surface area (Å²) in [5.41, 5.74) is 1.57. The fourth-order valence-electron chi connectivity index (χ4n) is 2.03. The molecule has 0 unspecified atom stereocenters. The van der Waals surface area contributed by atoms with Crippen molar-refractivity contribution in [2.75, 3.05) is 4.72 Å². The van der Waals surface area contributed by atoms with Crippen LogP contribution in [0.4, 0.5) is 5.82 Å². The number of hydrogen-bond donors (Lipinski definition) is 1. The number of anilines is 1. The smallest absolute Gasteiger partial charge is 0.266 e. The summed E-state index contributed by atoms with van der Waals surface area (Å²) in [7, 11) is -2.03. The highest BCUT2D eigenvalue weighted by molar-refractivity contribution is 7.92. The third-order valence-corrected chi connectivity index (χ3v) is 4.48. The van der Waals surface area contributed by atoms with Crippen LogP contribution in [0.2, 0.25) is 0 Å². The lowest BCUT2D eigenvalue weighted by Crippen LogP contribution is -2.17. The van der Waals surface area contributed by atoms with Crippen LogP contribution < -0.4 is 4.72 Å². The highest BCUT2D eigenvalue weighted by Gasteiger charge is 2.27. The predicted molar refractivity (Wildman–Crippen MR) is 71.8 cm³/mol. The Bertz CT molecular complexity index is 716. The van der Waals surface area contributed by atoms with Crippen LogP contribution in [0.25, 0.3) is 0 Å². The van der Waals surface area contributed by atoms with Gasteiger partial charge < -0.3 is 0 Å². The van der Waals surface area contributed by atoms with Gasteiger partial charge >= 0.3 is 0 Å². The van der Waals surface area contributed by atoms with Crippen molar-refractivity contribution in [3.63, 3.8) is 0 Å². The largest absolute Gasteiger partial charge is 0.271 e. The van der Waals surface area contributed by atoms with E-state index in [1.54, 1.807) is 18.7 Å². The molecule has 0 radical (unpaired) electrons. The fourth-order valence-corrected chi connectivity index (χ4v) is 3.66. The molecule has 9 heteroatoms. The van der Waals surface area contributed by atoms with E-state index in [-0.39, 0.29) is 10.7 Å². The second-order valence-corrected chi connectivity index (χ2v) is 5.98. The summed E-state index contributed by atoms with van der Waals surface area (Å²) >= 11 is 0. The second kappa shape index (κ2) is 5.23. The van der Waals surface area contributed by atoms with Gasteiger partial charge in [0.05, 0.1) is 11.4 Å². The van der Waals surface area contributed by atoms with E-state index < -0.39 is 10.0 Å². The monoisotopic (exact) mass is 299 g/mol. The van der Waals surface area contributed by atoms with Gasteiger partial charge in [0.2, 0.25) is 5.82 Å². The summed E-state index contributed by atoms with van der Waals surface area (Å²) in [6, 6.07) is 0. The van der Waals surface area contributed by atoms with E-state index in [2.05, 4.69) is 24.8 Å². The quantitative estimate of drug-likeness (QED) is 0.884. The van der Waals surface area contributed by atoms with Crippen LogP contribution >= 0.6 is 0 Å². The van der Waals surface area contributed by atoms with Crippen molar-refractivity contribution in [1.29, 1.82) is 0 Å². The second-order valence-electron chi connectivity index (χ2n) is 4.36. The first-order valence-electron chi connectivity index (χ1n) is 6.27. The highest BCUT2D eigenvalue weighted by atomic mass is 32.2. The molecular weight excluding hydrogens is 282 g/mol. The third kappa shape index (κ3) is 2.40. The Labute approximate surface area is 117 Å². The first-order chi connectivity index (χ1) is 9.40. The molecule has 0 fully saturated rings. The first-order valence-corrected chi connectivity index (χ1v) is 7.75. The molecule has 0 aromatic carbocycles. The number of nitrogens with one attached hydrogen (secondary N) is 1. The number of hydrogen-bond acceptors (Lipinski definition) is 6. The van der Waals surface area contributed by atoms with Crippen molar-refractivity contribution in [2.24, 2.45) is 7.05 Å². The molecule has 0 amide bonds. The van der Waals surface area contributed by atoms with Gasteiger partial charge in [-0.1, -0.05) is 19.0 Å². The van der Waals surface area contributed by atoms with Crippen LogP contribution in [0, 0.1) is 6.92 Å². The van der Waals surface area contributed by atoms with Crippen LogP contribution in [0.5, 0.6) is 0 Å². The van der Waals surface area contributed by atoms with Gasteiger partial charge in [-0.15, -0.1) is 0 Å². The topological polar surface area (TPSA) is 103 Å². The molecule has 2 heterocycles. The van der Waals surface area contributed by atoms with E-state index in [9.17, 15) is 8.42 Å². The number of rotatable bonds is 5. The van der Waals surface area contributed by atoms with E-state index >= 15 is 0 Å². The molecule has 2 rings (SSSR count). The summed E-state index contributed by atoms with van der Waals surface area (Å²) < 4.78 is 33.6. The lowest BCUT2D eigenvalue weighted by molar-refractivity contribution is 0.306. The Balaban J connectivity index is 2.52. The maximum Gasteiger partial charge on any atom is 0.266 e. The molecule has 0 saturated carbocycles. The summed E-state index contributed by atoms with van der Waals surface area (Å²) in [4.78, 5) is 0.215. The standard InChI is InChI=1S/C11H17N5O3S/c1-5-8-10(9(6-2)16(4)12-8)20(17,18)15-11-7(3)13-19-14-11/h5-6H2,1-4H3,(H,14,15). The normalized spacial score (nSPS) is 11.8. The molecule has 110 valence electrons. The van der Waals surface area contributed by atoms with Gasteiger partial charge in [0.25, 0.3) is 10.0 Å². The molecule has 0 aliphatic carbocycles. The van der Waals surface area contributed by atoms with Gasteiger partial charge in [0, 0.05) is 7.05 Å². The van der Waals surface area contributed by atoms with Crippen LogP contribution in [-0.2, 0) is 29.9 Å². The van der Waals surface area contributed by atoms with Gasteiger partial charge in [-0.25, -0.2) is 13.0 Å². The maximum atomic E-state index is 12.6. The number of aryl methyl sites for hydroxylation is 3. The zero-order valence-corrected chi connectivity index (χ0v) is 12.7. The third-order valence-electron chi connectivity index (χ3n) is 3.01. The summed E-state index contributed by atoms with van der Waals surface area (Å²) in [5.74, 6) is 0.0953. The number of nitrogens with zero attached hydrogens (tertiary/aromatic N) is 4. The van der Waals surface area contributed by atoms with Crippen molar-refractivity contribution in [2.45, 2.75) is 38.5 Å². The minimum absolute atomic E-state index is 0.0953. The van der Waals surface area contributed by atoms with Gasteiger partial charge in [-0.2, -0.15) is 5.10 Å². The van der Waals surface area contributed by atoms with E-state index in [1.165, 1.54) is 0 Å². The molecule has 2 aromatic heterocycles. The molecule has 20 heavy (non-hydrogen) atoms. The van der Waals surface area contributed by atoms with E-state index in [1.807, 2.05) is 13.8 Å². The Morgan fingerprint density at radius 1 is 1.25 bits per heavy atom. The molecule has 8 nitrogen and oxygen atoms in total. The number of aromatic nitrogens is 4. The Morgan fingerprint density at radius 2 is 1.95 bits per heavy atom. The lowest BCUT2D eigenvalue weighted by atomic mass is 10.2. The zero-order valence-electron chi connectivity index (χ0n) is 11.8. The van der Waals surface area contributed by atoms with Gasteiger partial charge in [-0.3, -0.25) is 9.40 Å². The van der Waals surface area contributed by atoms with Crippen molar-refractivity contribution >= 4 is 15.8 Å². The summed E-state index contributed by atoms with van der Waals surface area (Å²) in [6.07, 6.45) is 1.09. The molecule has 1 N–H and O–H groups in total. The predicted octanol–water partition coefficient (Wildman–Crippen LogP) is 1.04. The molecule has 2 aromatic rings. The average molecular weight is 299 g/mol. The SMILES string of the molecule is CCc1nn(C)c(CC)c1S(=O)(=O)Nc1nonc1C. The van der Waals surface area contributed by atoms with Crippen LogP contribution in [0.1, 0.15) is 30.9 Å². The Hall–Kier alpha value is -1.90. The minimum atomic E-state index is -3.77. The zero-order chi connectivity index (χ0) is 14.9. The average Bonchev–Trinajstić information content (AvgIpc) is 2.93. The van der Waals surface area contributed by atoms with Crippen LogP contribution in [0.15, 0.2) is 9.52 Å². The summed E-state index contributed by atoms with van der Waals surface area (Å²) in [6.45, 7) is 5.36. The minimum Gasteiger partial charge on any atom is -0.271 e. The Kier molecular flexibility index (Phi) is 3.80. The molecule has 0 aliphatic rings. The van der Waals surface area contributed by atoms with Gasteiger partial charge in [-0.05, 0) is 24.9 Å². The lowest BCUT2D eigenvalue weighted by Gasteiger charge is -2.07.